The molecule has 1 aromatic heterocycles. The molecule has 2 aromatic rings. The highest BCUT2D eigenvalue weighted by Gasteiger charge is 2.13. The summed E-state index contributed by atoms with van der Waals surface area (Å²) in [4.78, 5) is 11.1. The second-order valence-electron chi connectivity index (χ2n) is 4.40. The van der Waals surface area contributed by atoms with E-state index in [1.54, 1.807) is 18.0 Å². The second kappa shape index (κ2) is 5.18. The Labute approximate surface area is 113 Å². The van der Waals surface area contributed by atoms with Crippen molar-refractivity contribution in [3.8, 4) is 17.0 Å². The van der Waals surface area contributed by atoms with Crippen molar-refractivity contribution < 1.29 is 9.53 Å². The van der Waals surface area contributed by atoms with Crippen molar-refractivity contribution in [2.75, 3.05) is 12.4 Å². The van der Waals surface area contributed by atoms with E-state index < -0.39 is 0 Å². The van der Waals surface area contributed by atoms with Crippen LogP contribution in [0.1, 0.15) is 6.92 Å². The summed E-state index contributed by atoms with van der Waals surface area (Å²) < 4.78 is 7.18. The Balaban J connectivity index is 2.56. The molecule has 2 rings (SSSR count). The standard InChI is InChI=1S/C13H16BN3O2/c1-8(18)16-9-4-5-12(19-3)10(6-9)13-11(14)7-15-17(13)2/h4-7H,14H2,1-3H3,(H,16,18). The molecule has 0 aliphatic carbocycles. The zero-order chi connectivity index (χ0) is 14.0. The summed E-state index contributed by atoms with van der Waals surface area (Å²) in [6, 6.07) is 5.55. The van der Waals surface area contributed by atoms with Gasteiger partial charge in [-0.25, -0.2) is 0 Å². The third-order valence-corrected chi connectivity index (χ3v) is 2.90. The molecule has 0 unspecified atom stereocenters. The number of ether oxygens (including phenoxy) is 1. The fourth-order valence-corrected chi connectivity index (χ4v) is 2.11. The molecule has 0 aliphatic rings. The van der Waals surface area contributed by atoms with E-state index in [4.69, 9.17) is 4.74 Å². The Morgan fingerprint density at radius 2 is 2.21 bits per heavy atom. The number of aryl methyl sites for hydroxylation is 1. The van der Waals surface area contributed by atoms with Gasteiger partial charge in [-0.05, 0) is 23.7 Å². The first kappa shape index (κ1) is 13.2. The molecule has 1 aromatic carbocycles. The Morgan fingerprint density at radius 1 is 1.47 bits per heavy atom. The molecule has 1 amide bonds. The number of nitrogens with one attached hydrogen (secondary N) is 1. The van der Waals surface area contributed by atoms with E-state index in [0.29, 0.717) is 0 Å². The third-order valence-electron chi connectivity index (χ3n) is 2.90. The van der Waals surface area contributed by atoms with Crippen molar-refractivity contribution in [1.82, 2.24) is 9.78 Å². The fourth-order valence-electron chi connectivity index (χ4n) is 2.11. The van der Waals surface area contributed by atoms with E-state index in [0.717, 1.165) is 28.2 Å². The van der Waals surface area contributed by atoms with E-state index in [1.165, 1.54) is 6.92 Å². The minimum absolute atomic E-state index is 0.0992. The highest BCUT2D eigenvalue weighted by molar-refractivity contribution is 6.35. The summed E-state index contributed by atoms with van der Waals surface area (Å²) in [7, 11) is 5.50. The summed E-state index contributed by atoms with van der Waals surface area (Å²) in [5, 5.41) is 7.01. The number of rotatable bonds is 3. The molecule has 0 bridgehead atoms. The van der Waals surface area contributed by atoms with Crippen LogP contribution in [0.2, 0.25) is 0 Å². The highest BCUT2D eigenvalue weighted by Crippen LogP contribution is 2.31. The normalized spacial score (nSPS) is 10.3. The maximum atomic E-state index is 11.1. The molecule has 0 saturated heterocycles. The van der Waals surface area contributed by atoms with Crippen molar-refractivity contribution in [1.29, 1.82) is 0 Å². The first-order valence-corrected chi connectivity index (χ1v) is 5.97. The highest BCUT2D eigenvalue weighted by atomic mass is 16.5. The van der Waals surface area contributed by atoms with Crippen molar-refractivity contribution in [2.45, 2.75) is 6.92 Å². The van der Waals surface area contributed by atoms with Gasteiger partial charge < -0.3 is 10.1 Å². The maximum absolute atomic E-state index is 11.1. The summed E-state index contributed by atoms with van der Waals surface area (Å²) in [5.74, 6) is 0.652. The van der Waals surface area contributed by atoms with Crippen LogP contribution in [0.25, 0.3) is 11.3 Å². The Bertz CT molecular complexity index is 603. The molecule has 6 heteroatoms. The van der Waals surface area contributed by atoms with Crippen molar-refractivity contribution in [3.05, 3.63) is 24.4 Å². The molecule has 0 atom stereocenters. The van der Waals surface area contributed by atoms with Crippen LogP contribution < -0.4 is 15.5 Å². The molecule has 0 spiro atoms. The lowest BCUT2D eigenvalue weighted by molar-refractivity contribution is -0.114. The van der Waals surface area contributed by atoms with Gasteiger partial charge in [0, 0.05) is 31.4 Å². The average molecular weight is 257 g/mol. The molecule has 0 aliphatic heterocycles. The van der Waals surface area contributed by atoms with E-state index in [2.05, 4.69) is 10.4 Å². The Hall–Kier alpha value is -2.24. The number of carbonyl (C=O) groups is 1. The molecule has 98 valence electrons. The Morgan fingerprint density at radius 3 is 2.74 bits per heavy atom. The van der Waals surface area contributed by atoms with E-state index in [-0.39, 0.29) is 5.91 Å². The van der Waals surface area contributed by atoms with Crippen LogP contribution >= 0.6 is 0 Å². The minimum Gasteiger partial charge on any atom is -0.496 e. The topological polar surface area (TPSA) is 56.2 Å². The first-order chi connectivity index (χ1) is 9.02. The molecule has 0 saturated carbocycles. The number of benzene rings is 1. The van der Waals surface area contributed by atoms with Crippen molar-refractivity contribution >= 4 is 24.9 Å². The number of amides is 1. The van der Waals surface area contributed by atoms with Crippen molar-refractivity contribution in [2.24, 2.45) is 7.05 Å². The fraction of sp³-hybridized carbons (Fsp3) is 0.231. The average Bonchev–Trinajstić information content (AvgIpc) is 2.68. The van der Waals surface area contributed by atoms with Crippen LogP contribution in [0.4, 0.5) is 5.69 Å². The molecule has 1 N–H and O–H groups in total. The summed E-state index contributed by atoms with van der Waals surface area (Å²) >= 11 is 0. The first-order valence-electron chi connectivity index (χ1n) is 5.97. The lowest BCUT2D eigenvalue weighted by Crippen LogP contribution is -2.09. The minimum atomic E-state index is -0.0992. The molecular formula is C13H16BN3O2. The van der Waals surface area contributed by atoms with Crippen LogP contribution in [0.15, 0.2) is 24.4 Å². The maximum Gasteiger partial charge on any atom is 0.221 e. The lowest BCUT2D eigenvalue weighted by Gasteiger charge is -2.12. The lowest BCUT2D eigenvalue weighted by atomic mass is 9.93. The van der Waals surface area contributed by atoms with Crippen LogP contribution in [0, 0.1) is 0 Å². The zero-order valence-electron chi connectivity index (χ0n) is 11.5. The smallest absolute Gasteiger partial charge is 0.221 e. The second-order valence-corrected chi connectivity index (χ2v) is 4.40. The van der Waals surface area contributed by atoms with Gasteiger partial charge in [-0.3, -0.25) is 9.48 Å². The van der Waals surface area contributed by atoms with E-state index in [1.807, 2.05) is 33.1 Å². The number of carbonyl (C=O) groups excluding carboxylic acids is 1. The molecule has 0 radical (unpaired) electrons. The molecule has 19 heavy (non-hydrogen) atoms. The largest absolute Gasteiger partial charge is 0.496 e. The number of nitrogens with zero attached hydrogens (tertiary/aromatic N) is 2. The number of hydrogen-bond donors (Lipinski definition) is 1. The molecule has 1 heterocycles. The number of anilines is 1. The van der Waals surface area contributed by atoms with Crippen LogP contribution in [0.3, 0.4) is 0 Å². The van der Waals surface area contributed by atoms with Gasteiger partial charge >= 0.3 is 0 Å². The van der Waals surface area contributed by atoms with E-state index >= 15 is 0 Å². The van der Waals surface area contributed by atoms with Gasteiger partial charge in [-0.2, -0.15) is 5.10 Å². The molecule has 0 fully saturated rings. The van der Waals surface area contributed by atoms with Gasteiger partial charge in [0.25, 0.3) is 0 Å². The van der Waals surface area contributed by atoms with Gasteiger partial charge in [0.1, 0.15) is 13.6 Å². The Kier molecular flexibility index (Phi) is 3.60. The van der Waals surface area contributed by atoms with E-state index in [9.17, 15) is 4.79 Å². The monoisotopic (exact) mass is 257 g/mol. The number of methoxy groups -OCH3 is 1. The van der Waals surface area contributed by atoms with Gasteiger partial charge in [0.2, 0.25) is 5.91 Å². The predicted molar refractivity (Wildman–Crippen MR) is 77.7 cm³/mol. The van der Waals surface area contributed by atoms with Gasteiger partial charge in [0.15, 0.2) is 0 Å². The van der Waals surface area contributed by atoms with Gasteiger partial charge in [0.05, 0.1) is 12.8 Å². The summed E-state index contributed by atoms with van der Waals surface area (Å²) in [6.07, 6.45) is 1.81. The SMILES string of the molecule is Bc1cnn(C)c1-c1cc(NC(C)=O)ccc1OC. The molecular weight excluding hydrogens is 241 g/mol. The van der Waals surface area contributed by atoms with Gasteiger partial charge in [-0.15, -0.1) is 0 Å². The summed E-state index contributed by atoms with van der Waals surface area (Å²) in [6.45, 7) is 1.49. The van der Waals surface area contributed by atoms with Crippen LogP contribution in [0.5, 0.6) is 5.75 Å². The summed E-state index contributed by atoms with van der Waals surface area (Å²) in [5.41, 5.74) is 3.68. The molecule has 5 nitrogen and oxygen atoms in total. The third kappa shape index (κ3) is 2.62. The predicted octanol–water partition coefficient (Wildman–Crippen LogP) is 0.312. The van der Waals surface area contributed by atoms with Crippen LogP contribution in [-0.2, 0) is 11.8 Å². The van der Waals surface area contributed by atoms with Crippen LogP contribution in [-0.4, -0.2) is 30.6 Å². The van der Waals surface area contributed by atoms with Crippen molar-refractivity contribution in [3.63, 3.8) is 0 Å². The number of hydrogen-bond acceptors (Lipinski definition) is 3. The quantitative estimate of drug-likeness (QED) is 0.805. The van der Waals surface area contributed by atoms with Gasteiger partial charge in [-0.1, -0.05) is 0 Å². The zero-order valence-corrected chi connectivity index (χ0v) is 11.5. The number of aromatic nitrogens is 2.